The van der Waals surface area contributed by atoms with Crippen molar-refractivity contribution in [1.29, 1.82) is 0 Å². The molecule has 1 aliphatic heterocycles. The van der Waals surface area contributed by atoms with Crippen molar-refractivity contribution < 1.29 is 4.74 Å². The first-order valence-electron chi connectivity index (χ1n) is 7.51. The third-order valence-electron chi connectivity index (χ3n) is 5.02. The monoisotopic (exact) mass is 254 g/mol. The van der Waals surface area contributed by atoms with Crippen molar-refractivity contribution in [2.75, 3.05) is 26.7 Å². The first-order chi connectivity index (χ1) is 8.47. The van der Waals surface area contributed by atoms with Crippen LogP contribution in [-0.4, -0.2) is 48.8 Å². The molecule has 0 aromatic carbocycles. The predicted octanol–water partition coefficient (Wildman–Crippen LogP) is 2.41. The highest BCUT2D eigenvalue weighted by Crippen LogP contribution is 2.37. The standard InChI is InChI=1S/C15H30N2O/c1-13-11-17(10-9-14(2,3)18-4)15(12-16-13)7-5-6-8-15/h13,16H,5-12H2,1-4H3. The molecule has 0 aromatic rings. The molecule has 3 nitrogen and oxygen atoms in total. The van der Waals surface area contributed by atoms with Crippen molar-refractivity contribution in [2.24, 2.45) is 0 Å². The lowest BCUT2D eigenvalue weighted by atomic mass is 9.90. The molecule has 1 unspecified atom stereocenters. The van der Waals surface area contributed by atoms with E-state index >= 15 is 0 Å². The third kappa shape index (κ3) is 3.06. The molecule has 0 amide bonds. The van der Waals surface area contributed by atoms with Gasteiger partial charge in [-0.1, -0.05) is 12.8 Å². The Morgan fingerprint density at radius 2 is 2.00 bits per heavy atom. The van der Waals surface area contributed by atoms with Gasteiger partial charge < -0.3 is 10.1 Å². The van der Waals surface area contributed by atoms with Crippen molar-refractivity contribution >= 4 is 0 Å². The van der Waals surface area contributed by atoms with Crippen LogP contribution in [0.5, 0.6) is 0 Å². The predicted molar refractivity (Wildman–Crippen MR) is 75.9 cm³/mol. The Morgan fingerprint density at radius 1 is 1.33 bits per heavy atom. The van der Waals surface area contributed by atoms with Crippen LogP contribution < -0.4 is 5.32 Å². The first kappa shape index (κ1) is 14.3. The number of ether oxygens (including phenoxy) is 1. The second-order valence-electron chi connectivity index (χ2n) is 6.87. The van der Waals surface area contributed by atoms with Gasteiger partial charge in [-0.15, -0.1) is 0 Å². The van der Waals surface area contributed by atoms with E-state index in [0.717, 1.165) is 6.42 Å². The summed E-state index contributed by atoms with van der Waals surface area (Å²) in [4.78, 5) is 2.75. The number of rotatable bonds is 4. The maximum Gasteiger partial charge on any atom is 0.0634 e. The number of nitrogens with zero attached hydrogens (tertiary/aromatic N) is 1. The van der Waals surface area contributed by atoms with Crippen LogP contribution in [0.3, 0.4) is 0 Å². The van der Waals surface area contributed by atoms with Gasteiger partial charge >= 0.3 is 0 Å². The molecule has 2 aliphatic rings. The van der Waals surface area contributed by atoms with Crippen molar-refractivity contribution in [3.8, 4) is 0 Å². The summed E-state index contributed by atoms with van der Waals surface area (Å²) in [5, 5.41) is 3.68. The zero-order chi connectivity index (χ0) is 13.2. The smallest absolute Gasteiger partial charge is 0.0634 e. The van der Waals surface area contributed by atoms with Crippen LogP contribution in [0.25, 0.3) is 0 Å². The summed E-state index contributed by atoms with van der Waals surface area (Å²) in [6.45, 7) is 10.2. The van der Waals surface area contributed by atoms with Gasteiger partial charge in [0.15, 0.2) is 0 Å². The maximum atomic E-state index is 5.56. The summed E-state index contributed by atoms with van der Waals surface area (Å²) in [6, 6.07) is 0.627. The van der Waals surface area contributed by atoms with Gasteiger partial charge in [0, 0.05) is 38.3 Å². The minimum atomic E-state index is 0.00785. The second-order valence-corrected chi connectivity index (χ2v) is 6.87. The average molecular weight is 254 g/mol. The van der Waals surface area contributed by atoms with Gasteiger partial charge in [-0.2, -0.15) is 0 Å². The highest BCUT2D eigenvalue weighted by Gasteiger charge is 2.42. The number of nitrogens with one attached hydrogen (secondary N) is 1. The summed E-state index contributed by atoms with van der Waals surface area (Å²) in [6.07, 6.45) is 6.68. The Bertz CT molecular complexity index is 272. The van der Waals surface area contributed by atoms with E-state index in [9.17, 15) is 0 Å². The van der Waals surface area contributed by atoms with Gasteiger partial charge in [0.05, 0.1) is 5.60 Å². The van der Waals surface area contributed by atoms with Gasteiger partial charge in [0.2, 0.25) is 0 Å². The molecule has 1 N–H and O–H groups in total. The van der Waals surface area contributed by atoms with Crippen LogP contribution in [-0.2, 0) is 4.74 Å². The summed E-state index contributed by atoms with van der Waals surface area (Å²) in [7, 11) is 1.83. The summed E-state index contributed by atoms with van der Waals surface area (Å²) < 4.78 is 5.56. The van der Waals surface area contributed by atoms with Crippen LogP contribution in [0.2, 0.25) is 0 Å². The molecule has 2 rings (SSSR count). The second kappa shape index (κ2) is 5.48. The topological polar surface area (TPSA) is 24.5 Å². The largest absolute Gasteiger partial charge is 0.379 e. The lowest BCUT2D eigenvalue weighted by Crippen LogP contribution is -2.63. The number of hydrogen-bond acceptors (Lipinski definition) is 3. The zero-order valence-corrected chi connectivity index (χ0v) is 12.6. The Morgan fingerprint density at radius 3 is 2.61 bits per heavy atom. The highest BCUT2D eigenvalue weighted by molar-refractivity contribution is 5.01. The molecule has 3 heteroatoms. The van der Waals surface area contributed by atoms with E-state index in [4.69, 9.17) is 4.74 Å². The molecule has 0 aromatic heterocycles. The van der Waals surface area contributed by atoms with E-state index in [2.05, 4.69) is 31.0 Å². The van der Waals surface area contributed by atoms with Gasteiger partial charge in [0.1, 0.15) is 0 Å². The summed E-state index contributed by atoms with van der Waals surface area (Å²) >= 11 is 0. The fraction of sp³-hybridized carbons (Fsp3) is 1.00. The Kier molecular flexibility index (Phi) is 4.35. The quantitative estimate of drug-likeness (QED) is 0.834. The fourth-order valence-electron chi connectivity index (χ4n) is 3.43. The summed E-state index contributed by atoms with van der Waals surface area (Å²) in [5.41, 5.74) is 0.463. The highest BCUT2D eigenvalue weighted by atomic mass is 16.5. The van der Waals surface area contributed by atoms with E-state index < -0.39 is 0 Å². The molecule has 1 atom stereocenters. The molecule has 1 aliphatic carbocycles. The zero-order valence-electron chi connectivity index (χ0n) is 12.6. The molecule has 1 heterocycles. The minimum Gasteiger partial charge on any atom is -0.379 e. The molecular formula is C15H30N2O. The molecule has 0 bridgehead atoms. The average Bonchev–Trinajstić information content (AvgIpc) is 2.80. The number of hydrogen-bond donors (Lipinski definition) is 1. The fourth-order valence-corrected chi connectivity index (χ4v) is 3.43. The van der Waals surface area contributed by atoms with Crippen molar-refractivity contribution in [3.05, 3.63) is 0 Å². The van der Waals surface area contributed by atoms with Crippen molar-refractivity contribution in [3.63, 3.8) is 0 Å². The van der Waals surface area contributed by atoms with Crippen molar-refractivity contribution in [1.82, 2.24) is 10.2 Å². The molecule has 2 fully saturated rings. The SMILES string of the molecule is COC(C)(C)CCN1CC(C)NCC12CCCC2. The van der Waals surface area contributed by atoms with Crippen LogP contribution >= 0.6 is 0 Å². The van der Waals surface area contributed by atoms with Crippen LogP contribution in [0.15, 0.2) is 0 Å². The molecule has 1 spiro atoms. The molecule has 1 saturated carbocycles. The van der Waals surface area contributed by atoms with E-state index in [1.165, 1.54) is 45.3 Å². The number of piperazine rings is 1. The van der Waals surface area contributed by atoms with E-state index in [0.29, 0.717) is 11.6 Å². The lowest BCUT2D eigenvalue weighted by Gasteiger charge is -2.48. The van der Waals surface area contributed by atoms with Gasteiger partial charge in [-0.3, -0.25) is 4.90 Å². The Labute approximate surface area is 112 Å². The van der Waals surface area contributed by atoms with E-state index in [1.54, 1.807) is 0 Å². The van der Waals surface area contributed by atoms with E-state index in [1.807, 2.05) is 7.11 Å². The third-order valence-corrected chi connectivity index (χ3v) is 5.02. The summed E-state index contributed by atoms with van der Waals surface area (Å²) in [5.74, 6) is 0. The lowest BCUT2D eigenvalue weighted by molar-refractivity contribution is -0.0162. The maximum absolute atomic E-state index is 5.56. The minimum absolute atomic E-state index is 0.00785. The number of methoxy groups -OCH3 is 1. The van der Waals surface area contributed by atoms with Crippen LogP contribution in [0, 0.1) is 0 Å². The van der Waals surface area contributed by atoms with Gasteiger partial charge in [0.25, 0.3) is 0 Å². The molecular weight excluding hydrogens is 224 g/mol. The van der Waals surface area contributed by atoms with Gasteiger partial charge in [-0.25, -0.2) is 0 Å². The Hall–Kier alpha value is -0.120. The molecule has 1 saturated heterocycles. The van der Waals surface area contributed by atoms with Crippen LogP contribution in [0.1, 0.15) is 52.9 Å². The molecule has 0 radical (unpaired) electrons. The molecule has 106 valence electrons. The van der Waals surface area contributed by atoms with Gasteiger partial charge in [-0.05, 0) is 40.0 Å². The molecule has 18 heavy (non-hydrogen) atoms. The first-order valence-corrected chi connectivity index (χ1v) is 7.51. The van der Waals surface area contributed by atoms with E-state index in [-0.39, 0.29) is 5.60 Å². The van der Waals surface area contributed by atoms with Crippen LogP contribution in [0.4, 0.5) is 0 Å². The Balaban J connectivity index is 1.98. The normalized spacial score (nSPS) is 29.0. The van der Waals surface area contributed by atoms with Crippen molar-refractivity contribution in [2.45, 2.75) is 70.1 Å².